The van der Waals surface area contributed by atoms with Crippen molar-refractivity contribution in [1.29, 1.82) is 0 Å². The van der Waals surface area contributed by atoms with Crippen LogP contribution in [0.2, 0.25) is 0 Å². The van der Waals surface area contributed by atoms with Gasteiger partial charge in [-0.1, -0.05) is 6.92 Å². The molecule has 0 fully saturated rings. The summed E-state index contributed by atoms with van der Waals surface area (Å²) in [6.45, 7) is 3.00. The van der Waals surface area contributed by atoms with Crippen LogP contribution in [0.5, 0.6) is 0 Å². The predicted octanol–water partition coefficient (Wildman–Crippen LogP) is 0.281. The number of nitrogens with zero attached hydrogens (tertiary/aromatic N) is 2. The molecule has 0 aliphatic heterocycles. The number of aliphatic hydroxyl groups is 1. The molecule has 1 atom stereocenters. The molecule has 0 spiro atoms. The maximum Gasteiger partial charge on any atom is 0.0945 e. The number of imidazole rings is 1. The second-order valence-corrected chi connectivity index (χ2v) is 3.16. The van der Waals surface area contributed by atoms with Gasteiger partial charge in [0.05, 0.1) is 18.6 Å². The highest BCUT2D eigenvalue weighted by Crippen LogP contribution is 1.97. The molecule has 74 valence electrons. The van der Waals surface area contributed by atoms with Crippen LogP contribution in [0.25, 0.3) is 0 Å². The summed E-state index contributed by atoms with van der Waals surface area (Å²) in [5.74, 6) is 0. The quantitative estimate of drug-likeness (QED) is 0.689. The number of hydrogen-bond donors (Lipinski definition) is 2. The number of aliphatic hydroxyl groups excluding tert-OH is 1. The van der Waals surface area contributed by atoms with Crippen molar-refractivity contribution in [2.75, 3.05) is 6.61 Å². The van der Waals surface area contributed by atoms with Crippen molar-refractivity contribution in [1.82, 2.24) is 14.9 Å². The van der Waals surface area contributed by atoms with E-state index in [0.29, 0.717) is 0 Å². The molecule has 13 heavy (non-hydrogen) atoms. The largest absolute Gasteiger partial charge is 0.395 e. The van der Waals surface area contributed by atoms with Crippen LogP contribution in [0.4, 0.5) is 0 Å². The number of rotatable bonds is 5. The first-order valence-corrected chi connectivity index (χ1v) is 4.57. The molecule has 1 aromatic heterocycles. The maximum atomic E-state index is 8.94. The molecule has 0 radical (unpaired) electrons. The lowest BCUT2D eigenvalue weighted by atomic mass is 10.2. The standard InChI is InChI=1S/C9H17N3O/c1-3-8(6-13)11-5-9-4-10-7-12(9)2/h4,7-8,11,13H,3,5-6H2,1-2H3/t8-/m0/s1. The highest BCUT2D eigenvalue weighted by molar-refractivity contribution is 4.97. The molecule has 0 aromatic carbocycles. The Bertz CT molecular complexity index is 243. The van der Waals surface area contributed by atoms with Gasteiger partial charge in [-0.05, 0) is 6.42 Å². The van der Waals surface area contributed by atoms with E-state index >= 15 is 0 Å². The summed E-state index contributed by atoms with van der Waals surface area (Å²) in [4.78, 5) is 4.01. The fourth-order valence-corrected chi connectivity index (χ4v) is 1.14. The minimum Gasteiger partial charge on any atom is -0.395 e. The monoisotopic (exact) mass is 183 g/mol. The van der Waals surface area contributed by atoms with Gasteiger partial charge in [0.25, 0.3) is 0 Å². The van der Waals surface area contributed by atoms with E-state index in [9.17, 15) is 0 Å². The maximum absolute atomic E-state index is 8.94. The van der Waals surface area contributed by atoms with Crippen molar-refractivity contribution in [2.45, 2.75) is 25.9 Å². The average molecular weight is 183 g/mol. The Labute approximate surface area is 78.6 Å². The van der Waals surface area contributed by atoms with Gasteiger partial charge in [-0.15, -0.1) is 0 Å². The Hall–Kier alpha value is -0.870. The fraction of sp³-hybridized carbons (Fsp3) is 0.667. The number of hydrogen-bond acceptors (Lipinski definition) is 3. The molecule has 0 bridgehead atoms. The Morgan fingerprint density at radius 3 is 2.92 bits per heavy atom. The Morgan fingerprint density at radius 2 is 2.46 bits per heavy atom. The van der Waals surface area contributed by atoms with Crippen LogP contribution in [-0.4, -0.2) is 27.3 Å². The minimum atomic E-state index is 0.189. The summed E-state index contributed by atoms with van der Waals surface area (Å²) in [5, 5.41) is 12.2. The lowest BCUT2D eigenvalue weighted by Crippen LogP contribution is -2.31. The van der Waals surface area contributed by atoms with Gasteiger partial charge >= 0.3 is 0 Å². The van der Waals surface area contributed by atoms with Gasteiger partial charge in [-0.3, -0.25) is 0 Å². The third-order valence-corrected chi connectivity index (χ3v) is 2.20. The van der Waals surface area contributed by atoms with Gasteiger partial charge < -0.3 is 15.0 Å². The molecule has 0 amide bonds. The summed E-state index contributed by atoms with van der Waals surface area (Å²) in [5.41, 5.74) is 1.13. The Morgan fingerprint density at radius 1 is 1.69 bits per heavy atom. The molecule has 4 nitrogen and oxygen atoms in total. The van der Waals surface area contributed by atoms with Crippen molar-refractivity contribution in [2.24, 2.45) is 7.05 Å². The van der Waals surface area contributed by atoms with Crippen molar-refractivity contribution < 1.29 is 5.11 Å². The van der Waals surface area contributed by atoms with Gasteiger partial charge in [-0.2, -0.15) is 0 Å². The van der Waals surface area contributed by atoms with Crippen molar-refractivity contribution in [3.05, 3.63) is 18.2 Å². The van der Waals surface area contributed by atoms with E-state index in [1.54, 1.807) is 6.33 Å². The molecular formula is C9H17N3O. The molecule has 0 saturated heterocycles. The molecule has 0 aliphatic rings. The normalized spacial score (nSPS) is 13.2. The lowest BCUT2D eigenvalue weighted by molar-refractivity contribution is 0.237. The topological polar surface area (TPSA) is 50.1 Å². The first-order valence-electron chi connectivity index (χ1n) is 4.57. The smallest absolute Gasteiger partial charge is 0.0945 e. The van der Waals surface area contributed by atoms with E-state index in [1.165, 1.54) is 0 Å². The molecule has 0 saturated carbocycles. The SMILES string of the molecule is CC[C@@H](CO)NCc1cncn1C. The van der Waals surface area contributed by atoms with Gasteiger partial charge in [-0.25, -0.2) is 4.98 Å². The van der Waals surface area contributed by atoms with E-state index < -0.39 is 0 Å². The molecule has 0 unspecified atom stereocenters. The van der Waals surface area contributed by atoms with Gasteiger partial charge in [0.2, 0.25) is 0 Å². The molecule has 1 rings (SSSR count). The third-order valence-electron chi connectivity index (χ3n) is 2.20. The molecule has 1 heterocycles. The molecule has 1 aromatic rings. The summed E-state index contributed by atoms with van der Waals surface area (Å²) < 4.78 is 1.97. The van der Waals surface area contributed by atoms with Crippen LogP contribution in [-0.2, 0) is 13.6 Å². The highest BCUT2D eigenvalue weighted by atomic mass is 16.3. The van der Waals surface area contributed by atoms with E-state index in [1.807, 2.05) is 17.8 Å². The second-order valence-electron chi connectivity index (χ2n) is 3.16. The van der Waals surface area contributed by atoms with Gasteiger partial charge in [0, 0.05) is 25.8 Å². The molecular weight excluding hydrogens is 166 g/mol. The summed E-state index contributed by atoms with van der Waals surface area (Å²) in [7, 11) is 1.96. The summed E-state index contributed by atoms with van der Waals surface area (Å²) in [6.07, 6.45) is 4.54. The van der Waals surface area contributed by atoms with E-state index in [0.717, 1.165) is 18.7 Å². The zero-order valence-corrected chi connectivity index (χ0v) is 8.20. The molecule has 2 N–H and O–H groups in total. The third kappa shape index (κ3) is 2.82. The number of aryl methyl sites for hydroxylation is 1. The van der Waals surface area contributed by atoms with Crippen molar-refractivity contribution >= 4 is 0 Å². The highest BCUT2D eigenvalue weighted by Gasteiger charge is 2.04. The second kappa shape index (κ2) is 4.99. The van der Waals surface area contributed by atoms with Crippen LogP contribution in [0.15, 0.2) is 12.5 Å². The van der Waals surface area contributed by atoms with Gasteiger partial charge in [0.1, 0.15) is 0 Å². The van der Waals surface area contributed by atoms with E-state index in [4.69, 9.17) is 5.11 Å². The first kappa shape index (κ1) is 10.2. The lowest BCUT2D eigenvalue weighted by Gasteiger charge is -2.13. The fourth-order valence-electron chi connectivity index (χ4n) is 1.14. The Kier molecular flexibility index (Phi) is 3.92. The van der Waals surface area contributed by atoms with Gasteiger partial charge in [0.15, 0.2) is 0 Å². The van der Waals surface area contributed by atoms with E-state index in [-0.39, 0.29) is 12.6 Å². The Balaban J connectivity index is 2.38. The van der Waals surface area contributed by atoms with Crippen LogP contribution in [0.1, 0.15) is 19.0 Å². The molecule has 0 aliphatic carbocycles. The van der Waals surface area contributed by atoms with Crippen LogP contribution in [0.3, 0.4) is 0 Å². The number of aromatic nitrogens is 2. The predicted molar refractivity (Wildman–Crippen MR) is 51.2 cm³/mol. The summed E-state index contributed by atoms with van der Waals surface area (Å²) in [6, 6.07) is 0.190. The average Bonchev–Trinajstić information content (AvgIpc) is 2.54. The van der Waals surface area contributed by atoms with Crippen LogP contribution >= 0.6 is 0 Å². The zero-order valence-electron chi connectivity index (χ0n) is 8.20. The van der Waals surface area contributed by atoms with Crippen LogP contribution in [0, 0.1) is 0 Å². The van der Waals surface area contributed by atoms with Crippen molar-refractivity contribution in [3.8, 4) is 0 Å². The van der Waals surface area contributed by atoms with Crippen molar-refractivity contribution in [3.63, 3.8) is 0 Å². The molecule has 4 heteroatoms. The summed E-state index contributed by atoms with van der Waals surface area (Å²) >= 11 is 0. The van der Waals surface area contributed by atoms with Crippen LogP contribution < -0.4 is 5.32 Å². The minimum absolute atomic E-state index is 0.189. The van der Waals surface area contributed by atoms with E-state index in [2.05, 4.69) is 17.2 Å². The number of nitrogens with one attached hydrogen (secondary N) is 1. The zero-order chi connectivity index (χ0) is 9.68. The first-order chi connectivity index (χ1) is 6.27.